The van der Waals surface area contributed by atoms with Gasteiger partial charge in [0, 0.05) is 25.7 Å². The van der Waals surface area contributed by atoms with Crippen molar-refractivity contribution in [1.29, 1.82) is 0 Å². The quantitative estimate of drug-likeness (QED) is 0.681. The Labute approximate surface area is 146 Å². The minimum absolute atomic E-state index is 0.00760. The first-order valence-electron chi connectivity index (χ1n) is 8.14. The number of nitrogens with one attached hydrogen (secondary N) is 1. The number of amides is 1. The number of aromatic nitrogens is 2. The second-order valence-corrected chi connectivity index (χ2v) is 5.83. The Morgan fingerprint density at radius 1 is 1.28 bits per heavy atom. The SMILES string of the molecule is Cn1nccc1COCC(=O)NC(CCC(=O)O)Cc1ccccc1. The smallest absolute Gasteiger partial charge is 0.303 e. The highest BCUT2D eigenvalue weighted by Gasteiger charge is 2.15. The zero-order valence-electron chi connectivity index (χ0n) is 14.2. The van der Waals surface area contributed by atoms with E-state index in [9.17, 15) is 9.59 Å². The number of carbonyl (C=O) groups is 2. The zero-order chi connectivity index (χ0) is 18.1. The molecule has 1 heterocycles. The molecule has 0 spiro atoms. The van der Waals surface area contributed by atoms with E-state index in [1.807, 2.05) is 36.4 Å². The molecule has 1 atom stereocenters. The molecule has 134 valence electrons. The van der Waals surface area contributed by atoms with Gasteiger partial charge < -0.3 is 15.2 Å². The zero-order valence-corrected chi connectivity index (χ0v) is 14.2. The molecule has 1 aromatic carbocycles. The molecule has 0 aliphatic rings. The van der Waals surface area contributed by atoms with Crippen molar-refractivity contribution in [2.24, 2.45) is 7.05 Å². The molecule has 7 heteroatoms. The lowest BCUT2D eigenvalue weighted by Gasteiger charge is -2.18. The fraction of sp³-hybridized carbons (Fsp3) is 0.389. The molecule has 0 bridgehead atoms. The molecule has 7 nitrogen and oxygen atoms in total. The number of rotatable bonds is 10. The Bertz CT molecular complexity index is 685. The molecule has 2 aromatic rings. The Kier molecular flexibility index (Phi) is 7.16. The summed E-state index contributed by atoms with van der Waals surface area (Å²) in [5, 5.41) is 15.8. The molecule has 0 aliphatic heterocycles. The molecular formula is C18H23N3O4. The van der Waals surface area contributed by atoms with Crippen LogP contribution in [0.15, 0.2) is 42.6 Å². The standard InChI is InChI=1S/C18H23N3O4/c1-21-16(9-10-19-21)12-25-13-17(22)20-15(7-8-18(23)24)11-14-5-3-2-4-6-14/h2-6,9-10,15H,7-8,11-13H2,1H3,(H,20,22)(H,23,24). The molecule has 2 N–H and O–H groups in total. The first-order chi connectivity index (χ1) is 12.0. The summed E-state index contributed by atoms with van der Waals surface area (Å²) in [4.78, 5) is 22.9. The van der Waals surface area contributed by atoms with E-state index in [-0.39, 0.29) is 25.0 Å². The number of aryl methyl sites for hydroxylation is 1. The molecule has 0 saturated carbocycles. The predicted octanol–water partition coefficient (Wildman–Crippen LogP) is 1.53. The van der Waals surface area contributed by atoms with Crippen LogP contribution in [0, 0.1) is 0 Å². The molecule has 25 heavy (non-hydrogen) atoms. The van der Waals surface area contributed by atoms with Gasteiger partial charge >= 0.3 is 5.97 Å². The Balaban J connectivity index is 1.82. The minimum Gasteiger partial charge on any atom is -0.481 e. The number of carbonyl (C=O) groups excluding carboxylic acids is 1. The molecule has 0 radical (unpaired) electrons. The van der Waals surface area contributed by atoms with Gasteiger partial charge in [0.05, 0.1) is 12.3 Å². The van der Waals surface area contributed by atoms with Crippen LogP contribution >= 0.6 is 0 Å². The number of benzene rings is 1. The van der Waals surface area contributed by atoms with Crippen LogP contribution in [-0.4, -0.2) is 39.4 Å². The minimum atomic E-state index is -0.875. The van der Waals surface area contributed by atoms with Gasteiger partial charge in [-0.25, -0.2) is 0 Å². The third-order valence-corrected chi connectivity index (χ3v) is 3.80. The van der Waals surface area contributed by atoms with Crippen molar-refractivity contribution in [3.63, 3.8) is 0 Å². The summed E-state index contributed by atoms with van der Waals surface area (Å²) in [5.74, 6) is -1.13. The lowest BCUT2D eigenvalue weighted by molar-refractivity contribution is -0.137. The van der Waals surface area contributed by atoms with E-state index >= 15 is 0 Å². The van der Waals surface area contributed by atoms with Gasteiger partial charge in [-0.3, -0.25) is 14.3 Å². The van der Waals surface area contributed by atoms with Crippen molar-refractivity contribution in [2.75, 3.05) is 6.61 Å². The van der Waals surface area contributed by atoms with Gasteiger partial charge in [0.2, 0.25) is 5.91 Å². The third-order valence-electron chi connectivity index (χ3n) is 3.80. The lowest BCUT2D eigenvalue weighted by atomic mass is 10.0. The Morgan fingerprint density at radius 2 is 2.04 bits per heavy atom. The van der Waals surface area contributed by atoms with Gasteiger partial charge in [0.1, 0.15) is 6.61 Å². The highest BCUT2D eigenvalue weighted by molar-refractivity contribution is 5.77. The number of ether oxygens (including phenoxy) is 1. The van der Waals surface area contributed by atoms with E-state index in [4.69, 9.17) is 9.84 Å². The summed E-state index contributed by atoms with van der Waals surface area (Å²) in [6.07, 6.45) is 2.63. The van der Waals surface area contributed by atoms with Crippen molar-refractivity contribution in [3.05, 3.63) is 53.9 Å². The van der Waals surface area contributed by atoms with Gasteiger partial charge in [0.25, 0.3) is 0 Å². The van der Waals surface area contributed by atoms with E-state index in [0.29, 0.717) is 19.4 Å². The van der Waals surface area contributed by atoms with Crippen LogP contribution in [0.2, 0.25) is 0 Å². The average molecular weight is 345 g/mol. The normalized spacial score (nSPS) is 11.9. The van der Waals surface area contributed by atoms with Gasteiger partial charge in [-0.2, -0.15) is 5.10 Å². The van der Waals surface area contributed by atoms with Crippen LogP contribution in [-0.2, 0) is 34.4 Å². The molecule has 1 amide bonds. The van der Waals surface area contributed by atoms with E-state index in [0.717, 1.165) is 11.3 Å². The van der Waals surface area contributed by atoms with Crippen LogP contribution in [0.1, 0.15) is 24.1 Å². The molecular weight excluding hydrogens is 322 g/mol. The van der Waals surface area contributed by atoms with Crippen molar-refractivity contribution in [3.8, 4) is 0 Å². The van der Waals surface area contributed by atoms with Crippen molar-refractivity contribution < 1.29 is 19.4 Å². The van der Waals surface area contributed by atoms with Crippen LogP contribution in [0.25, 0.3) is 0 Å². The van der Waals surface area contributed by atoms with E-state index in [2.05, 4.69) is 10.4 Å². The number of hydrogen-bond donors (Lipinski definition) is 2. The maximum absolute atomic E-state index is 12.1. The molecule has 0 saturated heterocycles. The lowest BCUT2D eigenvalue weighted by Crippen LogP contribution is -2.39. The average Bonchev–Trinajstić information content (AvgIpc) is 2.99. The van der Waals surface area contributed by atoms with Crippen LogP contribution in [0.4, 0.5) is 0 Å². The topological polar surface area (TPSA) is 93.5 Å². The van der Waals surface area contributed by atoms with Crippen molar-refractivity contribution in [2.45, 2.75) is 31.9 Å². The van der Waals surface area contributed by atoms with E-state index in [1.54, 1.807) is 17.9 Å². The van der Waals surface area contributed by atoms with Gasteiger partial charge in [-0.1, -0.05) is 30.3 Å². The monoisotopic (exact) mass is 345 g/mol. The maximum atomic E-state index is 12.1. The fourth-order valence-corrected chi connectivity index (χ4v) is 2.48. The largest absolute Gasteiger partial charge is 0.481 e. The van der Waals surface area contributed by atoms with Crippen molar-refractivity contribution >= 4 is 11.9 Å². The molecule has 2 rings (SSSR count). The summed E-state index contributed by atoms with van der Waals surface area (Å²) in [6, 6.07) is 11.2. The predicted molar refractivity (Wildman–Crippen MR) is 91.8 cm³/mol. The summed E-state index contributed by atoms with van der Waals surface area (Å²) in [6.45, 7) is 0.214. The van der Waals surface area contributed by atoms with Crippen molar-refractivity contribution in [1.82, 2.24) is 15.1 Å². The number of aliphatic carboxylic acids is 1. The van der Waals surface area contributed by atoms with Crippen LogP contribution < -0.4 is 5.32 Å². The summed E-state index contributed by atoms with van der Waals surface area (Å²) < 4.78 is 7.09. The maximum Gasteiger partial charge on any atom is 0.303 e. The highest BCUT2D eigenvalue weighted by atomic mass is 16.5. The molecule has 1 aromatic heterocycles. The molecule has 1 unspecified atom stereocenters. The second-order valence-electron chi connectivity index (χ2n) is 5.83. The van der Waals surface area contributed by atoms with Gasteiger partial charge in [-0.15, -0.1) is 0 Å². The number of carboxylic acid groups (broad SMARTS) is 1. The van der Waals surface area contributed by atoms with Gasteiger partial charge in [0.15, 0.2) is 0 Å². The Morgan fingerprint density at radius 3 is 2.68 bits per heavy atom. The van der Waals surface area contributed by atoms with Crippen LogP contribution in [0.3, 0.4) is 0 Å². The van der Waals surface area contributed by atoms with Gasteiger partial charge in [-0.05, 0) is 24.5 Å². The number of hydrogen-bond acceptors (Lipinski definition) is 4. The molecule has 0 aliphatic carbocycles. The molecule has 0 fully saturated rings. The second kappa shape index (κ2) is 9.58. The summed E-state index contributed by atoms with van der Waals surface area (Å²) >= 11 is 0. The van der Waals surface area contributed by atoms with E-state index in [1.165, 1.54) is 0 Å². The van der Waals surface area contributed by atoms with Crippen LogP contribution in [0.5, 0.6) is 0 Å². The third kappa shape index (κ3) is 6.76. The number of carboxylic acids is 1. The first-order valence-corrected chi connectivity index (χ1v) is 8.14. The van der Waals surface area contributed by atoms with E-state index < -0.39 is 5.97 Å². The Hall–Kier alpha value is -2.67. The first kappa shape index (κ1) is 18.7. The number of nitrogens with zero attached hydrogens (tertiary/aromatic N) is 2. The summed E-state index contributed by atoms with van der Waals surface area (Å²) in [7, 11) is 1.81. The fourth-order valence-electron chi connectivity index (χ4n) is 2.48. The summed E-state index contributed by atoms with van der Waals surface area (Å²) in [5.41, 5.74) is 1.92. The highest BCUT2D eigenvalue weighted by Crippen LogP contribution is 2.08.